The first kappa shape index (κ1) is 22.7. The van der Waals surface area contributed by atoms with Crippen molar-refractivity contribution in [3.05, 3.63) is 53.2 Å². The molecule has 0 bridgehead atoms. The molecule has 3 aromatic rings. The number of benzene rings is 1. The van der Waals surface area contributed by atoms with Gasteiger partial charge >= 0.3 is 0 Å². The molecule has 7 nitrogen and oxygen atoms in total. The van der Waals surface area contributed by atoms with E-state index in [4.69, 9.17) is 4.42 Å². The number of anilines is 1. The third kappa shape index (κ3) is 5.11. The number of nitrogens with one attached hydrogen (secondary N) is 1. The lowest BCUT2D eigenvalue weighted by Crippen LogP contribution is -2.38. The van der Waals surface area contributed by atoms with Crippen LogP contribution in [0.4, 0.5) is 5.69 Å². The number of sulfonamides is 1. The van der Waals surface area contributed by atoms with Gasteiger partial charge in [0.15, 0.2) is 10.8 Å². The molecular weight excluding hydrogens is 446 g/mol. The highest BCUT2D eigenvalue weighted by atomic mass is 32.2. The van der Waals surface area contributed by atoms with Crippen LogP contribution < -0.4 is 5.32 Å². The van der Waals surface area contributed by atoms with Gasteiger partial charge in [-0.05, 0) is 56.2 Å². The maximum absolute atomic E-state index is 13.0. The highest BCUT2D eigenvalue weighted by molar-refractivity contribution is 7.89. The Morgan fingerprint density at radius 3 is 2.53 bits per heavy atom. The molecule has 1 aliphatic rings. The summed E-state index contributed by atoms with van der Waals surface area (Å²) in [4.78, 5) is 17.1. The van der Waals surface area contributed by atoms with Gasteiger partial charge in [-0.25, -0.2) is 13.4 Å². The summed E-state index contributed by atoms with van der Waals surface area (Å²) in [5.74, 6) is 1.28. The first-order valence-electron chi connectivity index (χ1n) is 10.7. The van der Waals surface area contributed by atoms with Crippen molar-refractivity contribution in [1.29, 1.82) is 0 Å². The largest absolute Gasteiger partial charge is 0.459 e. The quantitative estimate of drug-likeness (QED) is 0.530. The molecule has 1 aliphatic carbocycles. The molecule has 0 unspecified atom stereocenters. The second kappa shape index (κ2) is 9.56. The Morgan fingerprint density at radius 1 is 1.16 bits per heavy atom. The predicted octanol–water partition coefficient (Wildman–Crippen LogP) is 4.85. The van der Waals surface area contributed by atoms with Crippen molar-refractivity contribution in [2.75, 3.05) is 12.4 Å². The fourth-order valence-electron chi connectivity index (χ4n) is 3.94. The molecule has 1 fully saturated rings. The fourth-order valence-corrected chi connectivity index (χ4v) is 6.13. The van der Waals surface area contributed by atoms with Crippen LogP contribution >= 0.6 is 11.3 Å². The van der Waals surface area contributed by atoms with Crippen LogP contribution in [0, 0.1) is 6.92 Å². The number of rotatable bonds is 7. The van der Waals surface area contributed by atoms with Crippen LogP contribution in [-0.4, -0.2) is 36.7 Å². The molecule has 1 saturated carbocycles. The zero-order valence-electron chi connectivity index (χ0n) is 18.2. The lowest BCUT2D eigenvalue weighted by Gasteiger charge is -2.30. The lowest BCUT2D eigenvalue weighted by atomic mass is 9.96. The van der Waals surface area contributed by atoms with Crippen LogP contribution in [0.3, 0.4) is 0 Å². The molecule has 0 aliphatic heterocycles. The molecule has 1 amide bonds. The van der Waals surface area contributed by atoms with Crippen molar-refractivity contribution in [2.45, 2.75) is 56.4 Å². The number of hydrogen-bond donors (Lipinski definition) is 1. The SMILES string of the molecule is Cc1ccc(-c2nc(CC(=O)Nc3ccc(S(=O)(=O)N(C)C4CCCCC4)cc3)cs2)o1. The van der Waals surface area contributed by atoms with Crippen LogP contribution in [0.15, 0.2) is 51.1 Å². The van der Waals surface area contributed by atoms with E-state index in [1.807, 2.05) is 24.4 Å². The minimum Gasteiger partial charge on any atom is -0.459 e. The van der Waals surface area contributed by atoms with Crippen molar-refractivity contribution in [3.8, 4) is 10.8 Å². The van der Waals surface area contributed by atoms with Gasteiger partial charge in [-0.2, -0.15) is 4.31 Å². The summed E-state index contributed by atoms with van der Waals surface area (Å²) in [7, 11) is -1.89. The average Bonchev–Trinajstić information content (AvgIpc) is 3.43. The minimum atomic E-state index is -3.55. The van der Waals surface area contributed by atoms with Crippen molar-refractivity contribution < 1.29 is 17.6 Å². The maximum atomic E-state index is 13.0. The second-order valence-corrected chi connectivity index (χ2v) is 11.0. The van der Waals surface area contributed by atoms with Crippen LogP contribution in [0.2, 0.25) is 0 Å². The predicted molar refractivity (Wildman–Crippen MR) is 125 cm³/mol. The fraction of sp³-hybridized carbons (Fsp3) is 0.391. The van der Waals surface area contributed by atoms with Crippen molar-refractivity contribution >= 4 is 33.0 Å². The number of furan rings is 1. The third-order valence-corrected chi connectivity index (χ3v) is 8.58. The first-order valence-corrected chi connectivity index (χ1v) is 13.0. The van der Waals surface area contributed by atoms with Crippen molar-refractivity contribution in [3.63, 3.8) is 0 Å². The van der Waals surface area contributed by atoms with E-state index >= 15 is 0 Å². The van der Waals surface area contributed by atoms with E-state index in [-0.39, 0.29) is 23.3 Å². The summed E-state index contributed by atoms with van der Waals surface area (Å²) in [6.07, 6.45) is 5.24. The Balaban J connectivity index is 1.37. The van der Waals surface area contributed by atoms with Crippen LogP contribution in [-0.2, 0) is 21.2 Å². The summed E-state index contributed by atoms with van der Waals surface area (Å²) in [5, 5.41) is 5.38. The molecular formula is C23H27N3O4S2. The van der Waals surface area contributed by atoms with E-state index in [1.54, 1.807) is 31.3 Å². The molecule has 0 saturated heterocycles. The first-order chi connectivity index (χ1) is 15.3. The van der Waals surface area contributed by atoms with Gasteiger partial charge in [0.1, 0.15) is 5.76 Å². The molecule has 1 N–H and O–H groups in total. The minimum absolute atomic E-state index is 0.0567. The van der Waals surface area contributed by atoms with E-state index in [1.165, 1.54) is 22.1 Å². The summed E-state index contributed by atoms with van der Waals surface area (Å²) in [6, 6.07) is 10.1. The van der Waals surface area contributed by atoms with Gasteiger partial charge in [0.25, 0.3) is 0 Å². The Kier molecular flexibility index (Phi) is 6.78. The van der Waals surface area contributed by atoms with Crippen LogP contribution in [0.1, 0.15) is 43.6 Å². The zero-order chi connectivity index (χ0) is 22.7. The van der Waals surface area contributed by atoms with Gasteiger partial charge in [-0.15, -0.1) is 11.3 Å². The van der Waals surface area contributed by atoms with Gasteiger partial charge in [-0.3, -0.25) is 4.79 Å². The number of aryl methyl sites for hydroxylation is 1. The molecule has 1 aromatic carbocycles. The number of amides is 1. The van der Waals surface area contributed by atoms with Crippen LogP contribution in [0.5, 0.6) is 0 Å². The summed E-state index contributed by atoms with van der Waals surface area (Å²) in [6.45, 7) is 1.87. The summed E-state index contributed by atoms with van der Waals surface area (Å²) >= 11 is 1.43. The summed E-state index contributed by atoms with van der Waals surface area (Å²) in [5.41, 5.74) is 1.20. The topological polar surface area (TPSA) is 92.5 Å². The molecule has 0 radical (unpaired) electrons. The maximum Gasteiger partial charge on any atom is 0.243 e. The molecule has 170 valence electrons. The Bertz CT molecular complexity index is 1180. The smallest absolute Gasteiger partial charge is 0.243 e. The zero-order valence-corrected chi connectivity index (χ0v) is 19.8. The normalized spacial score (nSPS) is 15.2. The lowest BCUT2D eigenvalue weighted by molar-refractivity contribution is -0.115. The molecule has 9 heteroatoms. The number of nitrogens with zero attached hydrogens (tertiary/aromatic N) is 2. The highest BCUT2D eigenvalue weighted by Crippen LogP contribution is 2.28. The monoisotopic (exact) mass is 473 g/mol. The molecule has 4 rings (SSSR count). The van der Waals surface area contributed by atoms with Gasteiger partial charge in [0.2, 0.25) is 15.9 Å². The highest BCUT2D eigenvalue weighted by Gasteiger charge is 2.29. The van der Waals surface area contributed by atoms with Crippen molar-refractivity contribution in [2.24, 2.45) is 0 Å². The Labute approximate surface area is 192 Å². The average molecular weight is 474 g/mol. The van der Waals surface area contributed by atoms with E-state index in [9.17, 15) is 13.2 Å². The van der Waals surface area contributed by atoms with Gasteiger partial charge in [0.05, 0.1) is 17.0 Å². The van der Waals surface area contributed by atoms with E-state index in [2.05, 4.69) is 10.3 Å². The Morgan fingerprint density at radius 2 is 1.88 bits per heavy atom. The number of hydrogen-bond acceptors (Lipinski definition) is 6. The molecule has 32 heavy (non-hydrogen) atoms. The number of carbonyl (C=O) groups is 1. The second-order valence-electron chi connectivity index (χ2n) is 8.12. The molecule has 2 heterocycles. The third-order valence-electron chi connectivity index (χ3n) is 5.75. The van der Waals surface area contributed by atoms with Gasteiger partial charge in [-0.1, -0.05) is 19.3 Å². The summed E-state index contributed by atoms with van der Waals surface area (Å²) < 4.78 is 33.0. The number of carbonyl (C=O) groups excluding carboxylic acids is 1. The van der Waals surface area contributed by atoms with Crippen molar-refractivity contribution in [1.82, 2.24) is 9.29 Å². The standard InChI is InChI=1S/C23H27N3O4S2/c1-16-8-13-21(30-16)23-25-18(15-31-23)14-22(27)24-17-9-11-20(12-10-17)32(28,29)26(2)19-6-4-3-5-7-19/h8-13,15,19H,3-7,14H2,1-2H3,(H,24,27). The molecule has 2 aromatic heterocycles. The van der Waals surface area contributed by atoms with Gasteiger partial charge < -0.3 is 9.73 Å². The van der Waals surface area contributed by atoms with Gasteiger partial charge in [0, 0.05) is 24.2 Å². The Hall–Kier alpha value is -2.49. The number of thiazole rings is 1. The van der Waals surface area contributed by atoms with E-state index < -0.39 is 10.0 Å². The molecule has 0 spiro atoms. The van der Waals surface area contributed by atoms with E-state index in [0.717, 1.165) is 36.5 Å². The van der Waals surface area contributed by atoms with E-state index in [0.29, 0.717) is 17.1 Å². The van der Waals surface area contributed by atoms with Crippen LogP contribution in [0.25, 0.3) is 10.8 Å². The number of aromatic nitrogens is 1. The molecule has 0 atom stereocenters.